The molecular formula is C13H14Cl2O3. The Labute approximate surface area is 116 Å². The second-order valence-corrected chi connectivity index (χ2v) is 4.30. The molecule has 0 atom stereocenters. The average molecular weight is 289 g/mol. The van der Waals surface area contributed by atoms with E-state index in [-0.39, 0.29) is 12.6 Å². The zero-order chi connectivity index (χ0) is 13.5. The molecule has 5 heteroatoms. The molecule has 0 heterocycles. The second-order valence-electron chi connectivity index (χ2n) is 3.46. The topological polar surface area (TPSA) is 35.5 Å². The van der Waals surface area contributed by atoms with Crippen LogP contribution >= 0.6 is 23.2 Å². The highest BCUT2D eigenvalue weighted by Gasteiger charge is 2.07. The highest BCUT2D eigenvalue weighted by Crippen LogP contribution is 2.27. The van der Waals surface area contributed by atoms with Gasteiger partial charge in [-0.05, 0) is 24.6 Å². The summed E-state index contributed by atoms with van der Waals surface area (Å²) in [4.78, 5) is 11.3. The van der Waals surface area contributed by atoms with E-state index in [4.69, 9.17) is 27.9 Å². The molecule has 0 radical (unpaired) electrons. The highest BCUT2D eigenvalue weighted by atomic mass is 35.5. The van der Waals surface area contributed by atoms with Gasteiger partial charge < -0.3 is 9.47 Å². The number of halogens is 2. The van der Waals surface area contributed by atoms with E-state index < -0.39 is 0 Å². The maximum Gasteiger partial charge on any atom is 0.333 e. The van der Waals surface area contributed by atoms with Gasteiger partial charge in [0.25, 0.3) is 0 Å². The molecule has 0 aliphatic carbocycles. The first-order valence-electron chi connectivity index (χ1n) is 5.43. The van der Waals surface area contributed by atoms with Gasteiger partial charge in [-0.2, -0.15) is 0 Å². The Morgan fingerprint density at radius 3 is 2.72 bits per heavy atom. The first-order chi connectivity index (χ1) is 8.58. The summed E-state index contributed by atoms with van der Waals surface area (Å²) in [6.45, 7) is 2.10. The van der Waals surface area contributed by atoms with Crippen molar-refractivity contribution < 1.29 is 14.3 Å². The Hall–Kier alpha value is -1.19. The van der Waals surface area contributed by atoms with Gasteiger partial charge in [-0.25, -0.2) is 4.79 Å². The molecule has 0 spiro atoms. The molecule has 3 nitrogen and oxygen atoms in total. The third-order valence-corrected chi connectivity index (χ3v) is 2.84. The van der Waals surface area contributed by atoms with Gasteiger partial charge in [-0.1, -0.05) is 30.1 Å². The molecule has 0 N–H and O–H groups in total. The Bertz CT molecular complexity index is 456. The Morgan fingerprint density at radius 1 is 1.39 bits per heavy atom. The molecule has 0 bridgehead atoms. The number of rotatable bonds is 5. The van der Waals surface area contributed by atoms with Gasteiger partial charge in [-0.3, -0.25) is 0 Å². The number of benzene rings is 1. The molecule has 0 aromatic heterocycles. The van der Waals surface area contributed by atoms with Crippen LogP contribution in [0.15, 0.2) is 29.8 Å². The summed E-state index contributed by atoms with van der Waals surface area (Å²) >= 11 is 11.8. The van der Waals surface area contributed by atoms with Crippen molar-refractivity contribution in [1.29, 1.82) is 0 Å². The summed E-state index contributed by atoms with van der Waals surface area (Å²) in [5.74, 6) is 0.138. The largest absolute Gasteiger partial charge is 0.488 e. The van der Waals surface area contributed by atoms with Crippen LogP contribution in [0.1, 0.15) is 13.3 Å². The van der Waals surface area contributed by atoms with Crippen LogP contribution in [0.2, 0.25) is 10.0 Å². The lowest BCUT2D eigenvalue weighted by atomic mass is 10.2. The number of carbonyl (C=O) groups excluding carboxylic acids is 1. The minimum Gasteiger partial charge on any atom is -0.488 e. The second kappa shape index (κ2) is 7.29. The zero-order valence-corrected chi connectivity index (χ0v) is 11.7. The van der Waals surface area contributed by atoms with Crippen LogP contribution in [0.4, 0.5) is 0 Å². The minimum atomic E-state index is -0.349. The summed E-state index contributed by atoms with van der Waals surface area (Å²) in [6, 6.07) is 4.96. The van der Waals surface area contributed by atoms with Crippen LogP contribution in [-0.4, -0.2) is 19.7 Å². The molecule has 0 amide bonds. The first-order valence-corrected chi connectivity index (χ1v) is 6.19. The number of hydrogen-bond acceptors (Lipinski definition) is 3. The molecule has 0 unspecified atom stereocenters. The molecular weight excluding hydrogens is 275 g/mol. The lowest BCUT2D eigenvalue weighted by Gasteiger charge is -2.07. The van der Waals surface area contributed by atoms with E-state index in [1.165, 1.54) is 7.11 Å². The predicted octanol–water partition coefficient (Wildman–Crippen LogP) is 3.88. The van der Waals surface area contributed by atoms with Crippen LogP contribution in [0.5, 0.6) is 5.75 Å². The maximum absolute atomic E-state index is 11.3. The molecule has 18 heavy (non-hydrogen) atoms. The Kier molecular flexibility index (Phi) is 6.02. The van der Waals surface area contributed by atoms with Gasteiger partial charge in [0.1, 0.15) is 12.4 Å². The van der Waals surface area contributed by atoms with Gasteiger partial charge in [0, 0.05) is 16.7 Å². The number of carbonyl (C=O) groups is 1. The smallest absolute Gasteiger partial charge is 0.333 e. The zero-order valence-electron chi connectivity index (χ0n) is 10.2. The van der Waals surface area contributed by atoms with E-state index in [0.717, 1.165) is 0 Å². The predicted molar refractivity (Wildman–Crippen MR) is 72.3 cm³/mol. The van der Waals surface area contributed by atoms with Crippen molar-refractivity contribution in [3.05, 3.63) is 39.9 Å². The van der Waals surface area contributed by atoms with E-state index in [1.807, 2.05) is 6.92 Å². The van der Waals surface area contributed by atoms with Gasteiger partial charge >= 0.3 is 5.97 Å². The quantitative estimate of drug-likeness (QED) is 0.609. The van der Waals surface area contributed by atoms with E-state index >= 15 is 0 Å². The summed E-state index contributed by atoms with van der Waals surface area (Å²) in [7, 11) is 1.35. The van der Waals surface area contributed by atoms with Crippen molar-refractivity contribution in [2.45, 2.75) is 13.3 Å². The van der Waals surface area contributed by atoms with Gasteiger partial charge in [0.05, 0.1) is 12.1 Å². The highest BCUT2D eigenvalue weighted by molar-refractivity contribution is 6.34. The Morgan fingerprint density at radius 2 is 2.11 bits per heavy atom. The molecule has 1 aromatic rings. The standard InChI is InChI=1S/C13H14Cl2O3/c1-3-9(13(16)17-2)6-7-18-12-8-10(14)4-5-11(12)15/h4-6,8H,3,7H2,1-2H3. The van der Waals surface area contributed by atoms with Crippen molar-refractivity contribution in [3.63, 3.8) is 0 Å². The third kappa shape index (κ3) is 4.24. The lowest BCUT2D eigenvalue weighted by Crippen LogP contribution is -2.06. The lowest BCUT2D eigenvalue weighted by molar-refractivity contribution is -0.136. The maximum atomic E-state index is 11.3. The average Bonchev–Trinajstić information content (AvgIpc) is 2.37. The van der Waals surface area contributed by atoms with E-state index in [0.29, 0.717) is 27.8 Å². The van der Waals surface area contributed by atoms with E-state index in [1.54, 1.807) is 24.3 Å². The number of hydrogen-bond donors (Lipinski definition) is 0. The fourth-order valence-electron chi connectivity index (χ4n) is 1.32. The summed E-state index contributed by atoms with van der Waals surface area (Å²) in [5.41, 5.74) is 0.565. The number of methoxy groups -OCH3 is 1. The monoisotopic (exact) mass is 288 g/mol. The molecule has 1 rings (SSSR count). The Balaban J connectivity index is 2.67. The van der Waals surface area contributed by atoms with E-state index in [9.17, 15) is 4.79 Å². The molecule has 0 fully saturated rings. The molecule has 0 saturated heterocycles. The van der Waals surface area contributed by atoms with Crippen molar-refractivity contribution in [1.82, 2.24) is 0 Å². The van der Waals surface area contributed by atoms with E-state index in [2.05, 4.69) is 4.74 Å². The number of esters is 1. The molecule has 0 saturated carbocycles. The first kappa shape index (κ1) is 14.9. The van der Waals surface area contributed by atoms with Crippen molar-refractivity contribution in [2.75, 3.05) is 13.7 Å². The van der Waals surface area contributed by atoms with Crippen molar-refractivity contribution >= 4 is 29.2 Å². The fourth-order valence-corrected chi connectivity index (χ4v) is 1.66. The molecule has 1 aromatic carbocycles. The van der Waals surface area contributed by atoms with Crippen LogP contribution in [0, 0.1) is 0 Å². The molecule has 98 valence electrons. The van der Waals surface area contributed by atoms with Gasteiger partial charge in [0.15, 0.2) is 0 Å². The molecule has 0 aliphatic rings. The third-order valence-electron chi connectivity index (χ3n) is 2.29. The van der Waals surface area contributed by atoms with Crippen LogP contribution in [0.3, 0.4) is 0 Å². The number of ether oxygens (including phenoxy) is 2. The summed E-state index contributed by atoms with van der Waals surface area (Å²) < 4.78 is 10.1. The van der Waals surface area contributed by atoms with Crippen molar-refractivity contribution in [2.24, 2.45) is 0 Å². The van der Waals surface area contributed by atoms with Crippen molar-refractivity contribution in [3.8, 4) is 5.75 Å². The normalized spacial score (nSPS) is 11.2. The van der Waals surface area contributed by atoms with Crippen LogP contribution in [0.25, 0.3) is 0 Å². The van der Waals surface area contributed by atoms with Crippen LogP contribution in [-0.2, 0) is 9.53 Å². The minimum absolute atomic E-state index is 0.234. The summed E-state index contributed by atoms with van der Waals surface area (Å²) in [5, 5.41) is 1.02. The van der Waals surface area contributed by atoms with Gasteiger partial charge in [0.2, 0.25) is 0 Å². The van der Waals surface area contributed by atoms with Gasteiger partial charge in [-0.15, -0.1) is 0 Å². The fraction of sp³-hybridized carbons (Fsp3) is 0.308. The SMILES string of the molecule is CCC(=CCOc1cc(Cl)ccc1Cl)C(=O)OC. The van der Waals surface area contributed by atoms with Crippen LogP contribution < -0.4 is 4.74 Å². The molecule has 0 aliphatic heterocycles. The summed E-state index contributed by atoms with van der Waals surface area (Å²) in [6.07, 6.45) is 2.25.